The van der Waals surface area contributed by atoms with Crippen molar-refractivity contribution < 1.29 is 9.90 Å². The minimum atomic E-state index is -0.826. The number of hydrogen-bond acceptors (Lipinski definition) is 4. The van der Waals surface area contributed by atoms with E-state index in [0.29, 0.717) is 37.9 Å². The van der Waals surface area contributed by atoms with Crippen molar-refractivity contribution in [3.05, 3.63) is 83.3 Å². The van der Waals surface area contributed by atoms with E-state index < -0.39 is 5.60 Å². The van der Waals surface area contributed by atoms with Gasteiger partial charge in [-0.2, -0.15) is 0 Å². The van der Waals surface area contributed by atoms with E-state index in [0.717, 1.165) is 22.4 Å². The van der Waals surface area contributed by atoms with Gasteiger partial charge in [0.1, 0.15) is 0 Å². The smallest absolute Gasteiger partial charge is 0.254 e. The maximum Gasteiger partial charge on any atom is 0.254 e. The van der Waals surface area contributed by atoms with E-state index in [1.54, 1.807) is 12.4 Å². The Balaban J connectivity index is 1.77. The van der Waals surface area contributed by atoms with E-state index in [2.05, 4.69) is 16.7 Å². The number of amides is 1. The quantitative estimate of drug-likeness (QED) is 0.580. The van der Waals surface area contributed by atoms with E-state index >= 15 is 0 Å². The van der Waals surface area contributed by atoms with Crippen molar-refractivity contribution in [2.24, 2.45) is 4.99 Å². The largest absolute Gasteiger partial charge is 0.389 e. The lowest BCUT2D eigenvalue weighted by Gasteiger charge is -2.38. The van der Waals surface area contributed by atoms with E-state index in [1.165, 1.54) is 0 Å². The summed E-state index contributed by atoms with van der Waals surface area (Å²) in [6, 6.07) is 11.6. The number of likely N-dealkylation sites (tertiary alicyclic amines) is 1. The van der Waals surface area contributed by atoms with Crippen LogP contribution in [0.2, 0.25) is 0 Å². The van der Waals surface area contributed by atoms with Crippen molar-refractivity contribution in [3.8, 4) is 0 Å². The molecule has 1 aromatic carbocycles. The molecule has 0 atom stereocenters. The SMILES string of the molecule is C=N/C=C\C(=C/C)c1ccc(C)cc1C(=O)N1CCC(O)(Cc2ccccn2)CC1. The molecule has 5 heteroatoms. The number of pyridine rings is 1. The number of rotatable bonds is 6. The number of aliphatic imine (C=N–C) groups is 1. The first-order chi connectivity index (χ1) is 14.5. The molecule has 1 fully saturated rings. The second-order valence-corrected chi connectivity index (χ2v) is 7.81. The molecule has 30 heavy (non-hydrogen) atoms. The molecule has 2 heterocycles. The molecule has 1 aliphatic heterocycles. The second-order valence-electron chi connectivity index (χ2n) is 7.81. The van der Waals surface area contributed by atoms with Gasteiger partial charge in [0.15, 0.2) is 0 Å². The predicted octanol–water partition coefficient (Wildman–Crippen LogP) is 4.22. The zero-order chi connectivity index (χ0) is 21.6. The van der Waals surface area contributed by atoms with E-state index in [9.17, 15) is 9.90 Å². The summed E-state index contributed by atoms with van der Waals surface area (Å²) in [5.41, 5.74) is 3.56. The number of aryl methyl sites for hydroxylation is 1. The monoisotopic (exact) mass is 403 g/mol. The van der Waals surface area contributed by atoms with Crippen molar-refractivity contribution in [2.75, 3.05) is 13.1 Å². The van der Waals surface area contributed by atoms with Crippen molar-refractivity contribution >= 4 is 18.2 Å². The van der Waals surface area contributed by atoms with Crippen LogP contribution in [-0.2, 0) is 6.42 Å². The van der Waals surface area contributed by atoms with Crippen LogP contribution in [0.25, 0.3) is 5.57 Å². The number of aliphatic hydroxyl groups is 1. The van der Waals surface area contributed by atoms with Gasteiger partial charge in [-0.05, 0) is 68.8 Å². The summed E-state index contributed by atoms with van der Waals surface area (Å²) >= 11 is 0. The van der Waals surface area contributed by atoms with Crippen molar-refractivity contribution in [3.63, 3.8) is 0 Å². The average molecular weight is 404 g/mol. The maximum atomic E-state index is 13.4. The predicted molar refractivity (Wildman–Crippen MR) is 122 cm³/mol. The fourth-order valence-corrected chi connectivity index (χ4v) is 3.87. The molecular weight excluding hydrogens is 374 g/mol. The number of benzene rings is 1. The van der Waals surface area contributed by atoms with Gasteiger partial charge >= 0.3 is 0 Å². The normalized spacial score (nSPS) is 16.6. The highest BCUT2D eigenvalue weighted by atomic mass is 16.3. The van der Waals surface area contributed by atoms with Gasteiger partial charge in [-0.3, -0.25) is 14.8 Å². The van der Waals surface area contributed by atoms with E-state index in [1.807, 2.05) is 67.3 Å². The van der Waals surface area contributed by atoms with E-state index in [4.69, 9.17) is 0 Å². The summed E-state index contributed by atoms with van der Waals surface area (Å²) in [6.07, 6.45) is 8.77. The molecular formula is C25H29N3O2. The Hall–Kier alpha value is -3.05. The number of nitrogens with zero attached hydrogens (tertiary/aromatic N) is 3. The highest BCUT2D eigenvalue weighted by Gasteiger charge is 2.35. The topological polar surface area (TPSA) is 65.8 Å². The maximum absolute atomic E-state index is 13.4. The van der Waals surface area contributed by atoms with Crippen LogP contribution in [0.15, 0.2) is 65.9 Å². The molecule has 1 aromatic heterocycles. The van der Waals surface area contributed by atoms with Gasteiger partial charge in [-0.1, -0.05) is 29.8 Å². The van der Waals surface area contributed by atoms with Crippen LogP contribution in [0.4, 0.5) is 0 Å². The van der Waals surface area contributed by atoms with Crippen molar-refractivity contribution in [2.45, 2.75) is 38.7 Å². The molecule has 2 aromatic rings. The fourth-order valence-electron chi connectivity index (χ4n) is 3.87. The molecule has 0 saturated carbocycles. The number of allylic oxidation sites excluding steroid dienone is 3. The third kappa shape index (κ3) is 5.10. The zero-order valence-electron chi connectivity index (χ0n) is 17.7. The van der Waals surface area contributed by atoms with Gasteiger partial charge < -0.3 is 10.0 Å². The Morgan fingerprint density at radius 1 is 1.27 bits per heavy atom. The molecule has 0 aliphatic carbocycles. The first-order valence-electron chi connectivity index (χ1n) is 10.3. The number of carbonyl (C=O) groups excluding carboxylic acids is 1. The molecule has 3 rings (SSSR count). The molecule has 1 aliphatic rings. The Bertz CT molecular complexity index is 956. The van der Waals surface area contributed by atoms with Crippen LogP contribution >= 0.6 is 0 Å². The lowest BCUT2D eigenvalue weighted by molar-refractivity contribution is -0.0168. The Morgan fingerprint density at radius 2 is 2.03 bits per heavy atom. The minimum Gasteiger partial charge on any atom is -0.389 e. The van der Waals surface area contributed by atoms with Gasteiger partial charge in [0.05, 0.1) is 5.60 Å². The van der Waals surface area contributed by atoms with Crippen molar-refractivity contribution in [1.82, 2.24) is 9.88 Å². The van der Waals surface area contributed by atoms with Gasteiger partial charge in [0, 0.05) is 43.2 Å². The number of carbonyl (C=O) groups is 1. The van der Waals surface area contributed by atoms with Gasteiger partial charge in [0.25, 0.3) is 5.91 Å². The molecule has 0 unspecified atom stereocenters. The lowest BCUT2D eigenvalue weighted by atomic mass is 9.86. The Kier molecular flexibility index (Phi) is 6.95. The second kappa shape index (κ2) is 9.63. The number of aromatic nitrogens is 1. The molecule has 0 bridgehead atoms. The summed E-state index contributed by atoms with van der Waals surface area (Å²) in [5, 5.41) is 11.0. The highest BCUT2D eigenvalue weighted by Crippen LogP contribution is 2.29. The van der Waals surface area contributed by atoms with Crippen LogP contribution < -0.4 is 0 Å². The molecule has 0 spiro atoms. The highest BCUT2D eigenvalue weighted by molar-refractivity contribution is 6.00. The van der Waals surface area contributed by atoms with Crippen LogP contribution in [-0.4, -0.2) is 46.3 Å². The number of hydrogen-bond donors (Lipinski definition) is 1. The molecule has 5 nitrogen and oxygen atoms in total. The van der Waals surface area contributed by atoms with Crippen molar-refractivity contribution in [1.29, 1.82) is 0 Å². The third-order valence-electron chi connectivity index (χ3n) is 5.60. The summed E-state index contributed by atoms with van der Waals surface area (Å²) in [6.45, 7) is 8.44. The number of piperidine rings is 1. The fraction of sp³-hybridized carbons (Fsp3) is 0.320. The molecule has 156 valence electrons. The first kappa shape index (κ1) is 21.7. The average Bonchev–Trinajstić information content (AvgIpc) is 2.75. The first-order valence-corrected chi connectivity index (χ1v) is 10.3. The summed E-state index contributed by atoms with van der Waals surface area (Å²) in [4.78, 5) is 23.3. The Labute approximate surface area is 178 Å². The lowest BCUT2D eigenvalue weighted by Crippen LogP contribution is -2.48. The molecule has 1 N–H and O–H groups in total. The summed E-state index contributed by atoms with van der Waals surface area (Å²) in [5.74, 6) is -0.00658. The third-order valence-corrected chi connectivity index (χ3v) is 5.60. The molecule has 1 amide bonds. The van der Waals surface area contributed by atoms with Gasteiger partial charge in [0.2, 0.25) is 0 Å². The summed E-state index contributed by atoms with van der Waals surface area (Å²) < 4.78 is 0. The van der Waals surface area contributed by atoms with Crippen LogP contribution in [0.1, 0.15) is 46.9 Å². The molecule has 0 radical (unpaired) electrons. The van der Waals surface area contributed by atoms with Gasteiger partial charge in [-0.15, -0.1) is 0 Å². The Morgan fingerprint density at radius 3 is 2.67 bits per heavy atom. The van der Waals surface area contributed by atoms with Crippen LogP contribution in [0.3, 0.4) is 0 Å². The minimum absolute atomic E-state index is 0.00658. The zero-order valence-corrected chi connectivity index (χ0v) is 17.7. The van der Waals surface area contributed by atoms with E-state index in [-0.39, 0.29) is 5.91 Å². The van der Waals surface area contributed by atoms with Crippen LogP contribution in [0.5, 0.6) is 0 Å². The standard InChI is InChI=1S/C25H29N3O2/c1-4-20(10-14-26-3)22-9-8-19(2)17-23(22)24(29)28-15-11-25(30,12-16-28)18-21-7-5-6-13-27-21/h4-10,13-14,17,30H,3,11-12,15-16,18H2,1-2H3/b14-10-,20-4+. The van der Waals surface area contributed by atoms with Crippen LogP contribution in [0, 0.1) is 6.92 Å². The summed E-state index contributed by atoms with van der Waals surface area (Å²) in [7, 11) is 0. The van der Waals surface area contributed by atoms with Gasteiger partial charge in [-0.25, -0.2) is 0 Å². The molecule has 1 saturated heterocycles.